The first-order chi connectivity index (χ1) is 15.3. The van der Waals surface area contributed by atoms with Crippen LogP contribution in [-0.2, 0) is 16.6 Å². The molecule has 1 aromatic heterocycles. The molecule has 0 aliphatic heterocycles. The number of anilines is 2. The molecule has 3 rings (SSSR count). The van der Waals surface area contributed by atoms with E-state index in [1.807, 2.05) is 0 Å². The molecule has 2 N–H and O–H groups in total. The molecule has 3 aromatic rings. The molecule has 0 saturated heterocycles. The fraction of sp³-hybridized carbons (Fsp3) is 0.136. The van der Waals surface area contributed by atoms with Gasteiger partial charge in [0.25, 0.3) is 17.6 Å². The summed E-state index contributed by atoms with van der Waals surface area (Å²) < 4.78 is 31.5. The van der Waals surface area contributed by atoms with Gasteiger partial charge in [-0.25, -0.2) is 4.79 Å². The number of amides is 2. The van der Waals surface area contributed by atoms with Gasteiger partial charge in [0.2, 0.25) is 0 Å². The van der Waals surface area contributed by atoms with E-state index in [-0.39, 0.29) is 11.3 Å². The van der Waals surface area contributed by atoms with Gasteiger partial charge >= 0.3 is 5.97 Å². The number of imide groups is 1. The van der Waals surface area contributed by atoms with Crippen LogP contribution in [0, 0.1) is 0 Å². The summed E-state index contributed by atoms with van der Waals surface area (Å²) in [6.45, 7) is -0.636. The van der Waals surface area contributed by atoms with Crippen molar-refractivity contribution >= 4 is 40.9 Å². The monoisotopic (exact) mass is 459 g/mol. The lowest BCUT2D eigenvalue weighted by molar-refractivity contribution is -0.123. The van der Waals surface area contributed by atoms with Crippen LogP contribution in [0.2, 0.25) is 0 Å². The van der Waals surface area contributed by atoms with Crippen molar-refractivity contribution in [2.24, 2.45) is 7.05 Å². The summed E-state index contributed by atoms with van der Waals surface area (Å²) in [5, 5.41) is 5.18. The molecule has 10 heteroatoms. The van der Waals surface area contributed by atoms with E-state index in [9.17, 15) is 23.2 Å². The van der Waals surface area contributed by atoms with Gasteiger partial charge < -0.3 is 14.6 Å². The lowest BCUT2D eigenvalue weighted by Crippen LogP contribution is -2.35. The van der Waals surface area contributed by atoms with Crippen LogP contribution in [0.3, 0.4) is 0 Å². The number of hydrogen-bond donors (Lipinski definition) is 2. The molecule has 0 radical (unpaired) electrons. The van der Waals surface area contributed by atoms with E-state index in [0.29, 0.717) is 28.0 Å². The summed E-state index contributed by atoms with van der Waals surface area (Å²) in [4.78, 5) is 36.9. The number of carbonyl (C=O) groups excluding carboxylic acids is 3. The maximum Gasteiger partial charge on any atom is 0.340 e. The Hall–Kier alpha value is -3.66. The third kappa shape index (κ3) is 6.17. The lowest BCUT2D eigenvalue weighted by atomic mass is 10.1. The van der Waals surface area contributed by atoms with Crippen molar-refractivity contribution < 1.29 is 27.9 Å². The van der Waals surface area contributed by atoms with Gasteiger partial charge in [-0.3, -0.25) is 14.9 Å². The zero-order chi connectivity index (χ0) is 23.1. The number of benzene rings is 2. The average molecular weight is 459 g/mol. The number of thioether (sulfide) groups is 1. The van der Waals surface area contributed by atoms with Crippen molar-refractivity contribution in [2.45, 2.75) is 10.7 Å². The van der Waals surface area contributed by atoms with Crippen LogP contribution in [0.25, 0.3) is 0 Å². The predicted octanol–water partition coefficient (Wildman–Crippen LogP) is 4.20. The number of alkyl halides is 2. The minimum absolute atomic E-state index is 0.167. The first kappa shape index (κ1) is 23.0. The molecule has 0 atom stereocenters. The van der Waals surface area contributed by atoms with E-state index in [4.69, 9.17) is 4.74 Å². The smallest absolute Gasteiger partial charge is 0.340 e. The highest BCUT2D eigenvalue weighted by Crippen LogP contribution is 2.28. The van der Waals surface area contributed by atoms with E-state index in [0.717, 1.165) is 0 Å². The summed E-state index contributed by atoms with van der Waals surface area (Å²) in [6, 6.07) is 16.0. The van der Waals surface area contributed by atoms with Gasteiger partial charge in [0.15, 0.2) is 6.61 Å². The number of ether oxygens (including phenoxy) is 1. The Morgan fingerprint density at radius 1 is 1.03 bits per heavy atom. The first-order valence-electron chi connectivity index (χ1n) is 9.37. The van der Waals surface area contributed by atoms with E-state index in [2.05, 4.69) is 10.6 Å². The molecule has 0 unspecified atom stereocenters. The summed E-state index contributed by atoms with van der Waals surface area (Å²) >= 11 is 0.436. The number of rotatable bonds is 8. The third-order valence-electron chi connectivity index (χ3n) is 4.27. The molecular weight excluding hydrogens is 440 g/mol. The fourth-order valence-electron chi connectivity index (χ4n) is 2.78. The van der Waals surface area contributed by atoms with Gasteiger partial charge in [-0.05, 0) is 48.5 Å². The SMILES string of the molecule is Cn1cccc1C(=O)NC(=O)COC(=O)c1ccccc1Nc1ccc(SC(F)F)cc1. The molecule has 7 nitrogen and oxygen atoms in total. The molecule has 2 aromatic carbocycles. The highest BCUT2D eigenvalue weighted by molar-refractivity contribution is 7.99. The normalized spacial score (nSPS) is 10.6. The van der Waals surface area contributed by atoms with E-state index in [1.165, 1.54) is 18.2 Å². The number of halogens is 2. The number of nitrogens with zero attached hydrogens (tertiary/aromatic N) is 1. The number of nitrogens with one attached hydrogen (secondary N) is 2. The van der Waals surface area contributed by atoms with E-state index >= 15 is 0 Å². The Bertz CT molecular complexity index is 1120. The van der Waals surface area contributed by atoms with Gasteiger partial charge in [0.1, 0.15) is 5.69 Å². The van der Waals surface area contributed by atoms with Gasteiger partial charge in [0.05, 0.1) is 11.3 Å². The van der Waals surface area contributed by atoms with Crippen LogP contribution < -0.4 is 10.6 Å². The topological polar surface area (TPSA) is 89.4 Å². The molecular formula is C22H19F2N3O4S. The fourth-order valence-corrected chi connectivity index (χ4v) is 3.28. The van der Waals surface area contributed by atoms with Gasteiger partial charge in [-0.2, -0.15) is 8.78 Å². The molecule has 0 aliphatic carbocycles. The van der Waals surface area contributed by atoms with Crippen LogP contribution in [0.4, 0.5) is 20.2 Å². The van der Waals surface area contributed by atoms with Crippen LogP contribution in [0.1, 0.15) is 20.8 Å². The second-order valence-electron chi connectivity index (χ2n) is 6.53. The maximum atomic E-state index is 12.5. The Balaban J connectivity index is 1.59. The number of carbonyl (C=O) groups is 3. The minimum atomic E-state index is -2.51. The van der Waals surface area contributed by atoms with Crippen LogP contribution >= 0.6 is 11.8 Å². The lowest BCUT2D eigenvalue weighted by Gasteiger charge is -2.12. The van der Waals surface area contributed by atoms with Crippen LogP contribution in [0.5, 0.6) is 0 Å². The maximum absolute atomic E-state index is 12.5. The van der Waals surface area contributed by atoms with Crippen LogP contribution in [0.15, 0.2) is 71.8 Å². The number of aromatic nitrogens is 1. The molecule has 166 valence electrons. The largest absolute Gasteiger partial charge is 0.452 e. The quantitative estimate of drug-likeness (QED) is 0.388. The summed E-state index contributed by atoms with van der Waals surface area (Å²) in [6.07, 6.45) is 1.66. The Morgan fingerprint density at radius 2 is 1.75 bits per heavy atom. The zero-order valence-electron chi connectivity index (χ0n) is 16.9. The van der Waals surface area contributed by atoms with Gasteiger partial charge in [0, 0.05) is 23.8 Å². The standard InChI is InChI=1S/C22H19F2N3O4S/c1-27-12-4-7-18(27)20(29)26-19(28)13-31-21(30)16-5-2-3-6-17(16)25-14-8-10-15(11-9-14)32-22(23)24/h2-12,22,25H,13H2,1H3,(H,26,28,29). The molecule has 0 aliphatic rings. The summed E-state index contributed by atoms with van der Waals surface area (Å²) in [5.41, 5.74) is 1.44. The second kappa shape index (κ2) is 10.6. The zero-order valence-corrected chi connectivity index (χ0v) is 17.7. The van der Waals surface area contributed by atoms with Crippen LogP contribution in [-0.4, -0.2) is 34.7 Å². The number of para-hydroxylation sites is 1. The van der Waals surface area contributed by atoms with E-state index in [1.54, 1.807) is 60.3 Å². The van der Waals surface area contributed by atoms with Crippen molar-refractivity contribution in [3.8, 4) is 0 Å². The molecule has 32 heavy (non-hydrogen) atoms. The molecule has 0 spiro atoms. The molecule has 0 fully saturated rings. The number of esters is 1. The predicted molar refractivity (Wildman–Crippen MR) is 116 cm³/mol. The van der Waals surface area contributed by atoms with E-state index < -0.39 is 30.1 Å². The van der Waals surface area contributed by atoms with Crippen molar-refractivity contribution in [1.29, 1.82) is 0 Å². The summed E-state index contributed by atoms with van der Waals surface area (Å²) in [7, 11) is 1.66. The highest BCUT2D eigenvalue weighted by Gasteiger charge is 2.17. The van der Waals surface area contributed by atoms with Gasteiger partial charge in [-0.15, -0.1) is 0 Å². The van der Waals surface area contributed by atoms with Gasteiger partial charge in [-0.1, -0.05) is 23.9 Å². The van der Waals surface area contributed by atoms with Crippen molar-refractivity contribution in [3.63, 3.8) is 0 Å². The molecule has 0 bridgehead atoms. The molecule has 2 amide bonds. The number of aryl methyl sites for hydroxylation is 1. The Morgan fingerprint density at radius 3 is 2.41 bits per heavy atom. The minimum Gasteiger partial charge on any atom is -0.452 e. The molecule has 0 saturated carbocycles. The highest BCUT2D eigenvalue weighted by atomic mass is 32.2. The number of hydrogen-bond acceptors (Lipinski definition) is 6. The Labute approximate surface area is 186 Å². The Kier molecular flexibility index (Phi) is 7.61. The second-order valence-corrected chi connectivity index (χ2v) is 7.59. The van der Waals surface area contributed by atoms with Crippen molar-refractivity contribution in [3.05, 3.63) is 78.1 Å². The first-order valence-corrected chi connectivity index (χ1v) is 10.2. The molecule has 1 heterocycles. The third-order valence-corrected chi connectivity index (χ3v) is 4.99. The average Bonchev–Trinajstić information content (AvgIpc) is 3.19. The van der Waals surface area contributed by atoms with Crippen molar-refractivity contribution in [1.82, 2.24) is 9.88 Å². The van der Waals surface area contributed by atoms with Crippen molar-refractivity contribution in [2.75, 3.05) is 11.9 Å². The summed E-state index contributed by atoms with van der Waals surface area (Å²) in [5.74, 6) is -4.64.